The molecule has 2 aliphatic rings. The summed E-state index contributed by atoms with van der Waals surface area (Å²) in [7, 11) is 0. The highest BCUT2D eigenvalue weighted by atomic mass is 19.1. The summed E-state index contributed by atoms with van der Waals surface area (Å²) in [6, 6.07) is 8.77. The Bertz CT molecular complexity index is 1250. The maximum Gasteiger partial charge on any atom is 0.275 e. The van der Waals surface area contributed by atoms with Crippen molar-refractivity contribution in [2.24, 2.45) is 5.92 Å². The lowest BCUT2D eigenvalue weighted by Crippen LogP contribution is -2.43. The molecule has 0 aliphatic heterocycles. The minimum Gasteiger partial charge on any atom is -0.340 e. The van der Waals surface area contributed by atoms with E-state index in [-0.39, 0.29) is 29.6 Å². The van der Waals surface area contributed by atoms with Crippen LogP contribution in [0.2, 0.25) is 0 Å². The summed E-state index contributed by atoms with van der Waals surface area (Å²) in [5, 5.41) is 6.65. The number of benzene rings is 2. The van der Waals surface area contributed by atoms with Crippen LogP contribution < -0.4 is 5.32 Å². The highest BCUT2D eigenvalue weighted by Gasteiger charge is 2.51. The second-order valence-corrected chi connectivity index (χ2v) is 8.57. The van der Waals surface area contributed by atoms with Crippen molar-refractivity contribution >= 4 is 11.7 Å². The highest BCUT2D eigenvalue weighted by molar-refractivity contribution is 5.98. The van der Waals surface area contributed by atoms with E-state index in [0.717, 1.165) is 23.4 Å². The number of hydrogen-bond donors (Lipinski definition) is 1. The number of nitrogens with one attached hydrogen (secondary N) is 1. The van der Waals surface area contributed by atoms with Gasteiger partial charge in [0.1, 0.15) is 11.6 Å². The molecule has 0 radical (unpaired) electrons. The zero-order chi connectivity index (χ0) is 22.6. The molecular weight excluding hydrogens is 419 g/mol. The van der Waals surface area contributed by atoms with Crippen LogP contribution in [0.15, 0.2) is 42.6 Å². The number of aryl methyl sites for hydroxylation is 1. The van der Waals surface area contributed by atoms with E-state index in [2.05, 4.69) is 10.4 Å². The molecule has 0 unspecified atom stereocenters. The molecule has 164 valence electrons. The van der Waals surface area contributed by atoms with E-state index in [0.29, 0.717) is 18.5 Å². The van der Waals surface area contributed by atoms with E-state index in [4.69, 9.17) is 0 Å². The fraction of sp³-hybridized carbons (Fsp3) is 0.292. The van der Waals surface area contributed by atoms with Gasteiger partial charge < -0.3 is 5.32 Å². The van der Waals surface area contributed by atoms with Gasteiger partial charge in [-0.25, -0.2) is 13.2 Å². The molecule has 1 N–H and O–H groups in total. The largest absolute Gasteiger partial charge is 0.340 e. The van der Waals surface area contributed by atoms with E-state index < -0.39 is 35.1 Å². The smallest absolute Gasteiger partial charge is 0.275 e. The van der Waals surface area contributed by atoms with Gasteiger partial charge in [0.05, 0.1) is 18.8 Å². The second-order valence-electron chi connectivity index (χ2n) is 8.57. The molecule has 1 heterocycles. The Morgan fingerprint density at radius 3 is 2.78 bits per heavy atom. The average molecular weight is 439 g/mol. The van der Waals surface area contributed by atoms with Crippen molar-refractivity contribution in [1.29, 1.82) is 0 Å². The third kappa shape index (κ3) is 3.70. The van der Waals surface area contributed by atoms with Crippen LogP contribution >= 0.6 is 0 Å². The Kier molecular flexibility index (Phi) is 4.87. The predicted octanol–water partition coefficient (Wildman–Crippen LogP) is 3.68. The molecule has 1 aromatic heterocycles. The molecule has 32 heavy (non-hydrogen) atoms. The lowest BCUT2D eigenvalue weighted by molar-refractivity contribution is -0.120. The third-order valence-electron chi connectivity index (χ3n) is 6.21. The fourth-order valence-corrected chi connectivity index (χ4v) is 4.63. The van der Waals surface area contributed by atoms with Crippen molar-refractivity contribution in [2.75, 3.05) is 0 Å². The first kappa shape index (κ1) is 20.5. The normalized spacial score (nSPS) is 21.5. The number of amides is 1. The van der Waals surface area contributed by atoms with Crippen LogP contribution in [0.1, 0.15) is 45.1 Å². The Hall–Kier alpha value is -3.42. The Balaban J connectivity index is 1.34. The molecule has 0 spiro atoms. The van der Waals surface area contributed by atoms with Crippen LogP contribution in [0, 0.1) is 30.3 Å². The first-order valence-electron chi connectivity index (χ1n) is 10.4. The van der Waals surface area contributed by atoms with E-state index in [1.165, 1.54) is 10.7 Å². The Labute approximate surface area is 182 Å². The zero-order valence-corrected chi connectivity index (χ0v) is 17.2. The number of halogens is 3. The van der Waals surface area contributed by atoms with Crippen LogP contribution in [0.3, 0.4) is 0 Å². The summed E-state index contributed by atoms with van der Waals surface area (Å²) < 4.78 is 43.7. The molecule has 2 aromatic carbocycles. The van der Waals surface area contributed by atoms with Crippen molar-refractivity contribution in [3.63, 3.8) is 0 Å². The zero-order valence-electron chi connectivity index (χ0n) is 17.2. The molecule has 1 saturated carbocycles. The van der Waals surface area contributed by atoms with Crippen LogP contribution in [0.25, 0.3) is 0 Å². The van der Waals surface area contributed by atoms with Crippen molar-refractivity contribution in [3.8, 4) is 0 Å². The Morgan fingerprint density at radius 1 is 1.19 bits per heavy atom. The van der Waals surface area contributed by atoms with Crippen LogP contribution in [0.5, 0.6) is 0 Å². The predicted molar refractivity (Wildman–Crippen MR) is 110 cm³/mol. The Morgan fingerprint density at radius 2 is 2.00 bits per heavy atom. The lowest BCUT2D eigenvalue weighted by atomic mass is 9.99. The van der Waals surface area contributed by atoms with Gasteiger partial charge in [0.15, 0.2) is 17.3 Å². The molecule has 5 nitrogen and oxygen atoms in total. The van der Waals surface area contributed by atoms with Gasteiger partial charge in [-0.2, -0.15) is 5.10 Å². The average Bonchev–Trinajstić information content (AvgIpc) is 3.44. The molecule has 8 heteroatoms. The van der Waals surface area contributed by atoms with Crippen molar-refractivity contribution in [1.82, 2.24) is 15.1 Å². The van der Waals surface area contributed by atoms with Crippen molar-refractivity contribution < 1.29 is 22.8 Å². The van der Waals surface area contributed by atoms with Gasteiger partial charge in [0.2, 0.25) is 0 Å². The van der Waals surface area contributed by atoms with E-state index in [1.807, 2.05) is 31.2 Å². The SMILES string of the molecule is Cc1cccc(Cn2cc(F)c(C(=O)N[C@@H]3C(=O)Cc4c(F)cc(F)cc4[C@@H]4C[C@H]34)n2)c1. The number of carbonyl (C=O) groups excluding carboxylic acids is 2. The first-order valence-corrected chi connectivity index (χ1v) is 10.4. The minimum absolute atomic E-state index is 0.175. The summed E-state index contributed by atoms with van der Waals surface area (Å²) in [6.45, 7) is 2.23. The highest BCUT2D eigenvalue weighted by Crippen LogP contribution is 2.53. The quantitative estimate of drug-likeness (QED) is 0.675. The number of Topliss-reactive ketones (excluding diaryl/α,β-unsaturated/α-hetero) is 1. The van der Waals surface area contributed by atoms with Gasteiger partial charge in [0.25, 0.3) is 5.91 Å². The van der Waals surface area contributed by atoms with E-state index in [9.17, 15) is 22.8 Å². The van der Waals surface area contributed by atoms with Gasteiger partial charge in [0, 0.05) is 12.5 Å². The van der Waals surface area contributed by atoms with Gasteiger partial charge in [-0.1, -0.05) is 29.8 Å². The topological polar surface area (TPSA) is 64.0 Å². The molecule has 5 rings (SSSR count). The number of aromatic nitrogens is 2. The molecule has 1 amide bonds. The monoisotopic (exact) mass is 439 g/mol. The van der Waals surface area contributed by atoms with E-state index >= 15 is 0 Å². The maximum absolute atomic E-state index is 14.5. The number of ketones is 1. The number of carbonyl (C=O) groups is 2. The molecular formula is C24H20F3N3O2. The minimum atomic E-state index is -0.899. The molecule has 0 saturated heterocycles. The van der Waals surface area contributed by atoms with Gasteiger partial charge >= 0.3 is 0 Å². The molecule has 0 bridgehead atoms. The molecule has 2 aliphatic carbocycles. The maximum atomic E-state index is 14.5. The summed E-state index contributed by atoms with van der Waals surface area (Å²) in [4.78, 5) is 25.5. The van der Waals surface area contributed by atoms with Gasteiger partial charge in [-0.05, 0) is 47.9 Å². The molecule has 1 fully saturated rings. The van der Waals surface area contributed by atoms with Crippen molar-refractivity contribution in [2.45, 2.75) is 38.3 Å². The van der Waals surface area contributed by atoms with Gasteiger partial charge in [-0.3, -0.25) is 14.3 Å². The third-order valence-corrected chi connectivity index (χ3v) is 6.21. The number of hydrogen-bond acceptors (Lipinski definition) is 3. The number of rotatable bonds is 4. The summed E-state index contributed by atoms with van der Waals surface area (Å²) in [6.07, 6.45) is 1.42. The number of fused-ring (bicyclic) bond motifs is 3. The summed E-state index contributed by atoms with van der Waals surface area (Å²) in [5.41, 5.74) is 2.21. The molecule has 3 atom stereocenters. The fourth-order valence-electron chi connectivity index (χ4n) is 4.63. The standard InChI is InChI=1S/C24H20F3N3O2/c1-12-3-2-4-13(5-12)10-30-11-20(27)23(29-30)24(32)28-22-18-8-16(18)15-6-14(25)7-19(26)17(15)9-21(22)31/h2-7,11,16,18,22H,8-10H2,1H3,(H,28,32)/t16-,18-,22-/m0/s1. The van der Waals surface area contributed by atoms with Crippen LogP contribution in [0.4, 0.5) is 13.2 Å². The number of nitrogens with zero attached hydrogens (tertiary/aromatic N) is 2. The summed E-state index contributed by atoms with van der Waals surface area (Å²) >= 11 is 0. The van der Waals surface area contributed by atoms with Crippen LogP contribution in [-0.4, -0.2) is 27.5 Å². The van der Waals surface area contributed by atoms with Crippen molar-refractivity contribution in [3.05, 3.63) is 88.0 Å². The van der Waals surface area contributed by atoms with E-state index in [1.54, 1.807) is 0 Å². The van der Waals surface area contributed by atoms with Crippen LogP contribution in [-0.2, 0) is 17.8 Å². The van der Waals surface area contributed by atoms with Gasteiger partial charge in [-0.15, -0.1) is 0 Å². The second kappa shape index (κ2) is 7.62. The first-order chi connectivity index (χ1) is 15.3. The lowest BCUT2D eigenvalue weighted by Gasteiger charge is -2.15. The molecule has 3 aromatic rings. The summed E-state index contributed by atoms with van der Waals surface area (Å²) in [5.74, 6) is -3.90.